The zero-order valence-corrected chi connectivity index (χ0v) is 17.1. The van der Waals surface area contributed by atoms with Gasteiger partial charge < -0.3 is 10.6 Å². The lowest BCUT2D eigenvalue weighted by Crippen LogP contribution is -2.18. The number of anilines is 2. The van der Waals surface area contributed by atoms with Crippen molar-refractivity contribution in [1.82, 2.24) is 9.97 Å². The van der Waals surface area contributed by atoms with Gasteiger partial charge in [0.15, 0.2) is 5.13 Å². The maximum Gasteiger partial charge on any atom is 0.427 e. The first kappa shape index (κ1) is 22.2. The molecule has 0 unspecified atom stereocenters. The summed E-state index contributed by atoms with van der Waals surface area (Å²) in [5.41, 5.74) is 2.23. The molecule has 0 radical (unpaired) electrons. The van der Waals surface area contributed by atoms with Crippen LogP contribution in [0.25, 0.3) is 11.1 Å². The third kappa shape index (κ3) is 5.54. The van der Waals surface area contributed by atoms with Gasteiger partial charge in [0, 0.05) is 11.8 Å². The summed E-state index contributed by atoms with van der Waals surface area (Å²) in [4.78, 5) is 30.8. The van der Waals surface area contributed by atoms with Crippen molar-refractivity contribution in [2.24, 2.45) is 0 Å². The Kier molecular flexibility index (Phi) is 6.50. The first-order valence-corrected chi connectivity index (χ1v) is 9.82. The first-order chi connectivity index (χ1) is 14.7. The van der Waals surface area contributed by atoms with Crippen LogP contribution in [0.15, 0.2) is 61.4 Å². The van der Waals surface area contributed by atoms with Gasteiger partial charge in [-0.3, -0.25) is 9.59 Å². The molecule has 3 rings (SSSR count). The van der Waals surface area contributed by atoms with Gasteiger partial charge in [0.05, 0.1) is 12.1 Å². The molecule has 0 bridgehead atoms. The fourth-order valence-electron chi connectivity index (χ4n) is 2.63. The number of amides is 2. The molecular formula is C21H17F3N4O2S. The van der Waals surface area contributed by atoms with E-state index in [1.165, 1.54) is 0 Å². The highest BCUT2D eigenvalue weighted by molar-refractivity contribution is 7.15. The maximum atomic E-state index is 12.7. The summed E-state index contributed by atoms with van der Waals surface area (Å²) >= 11 is 0.375. The Labute approximate surface area is 179 Å². The van der Waals surface area contributed by atoms with Crippen molar-refractivity contribution in [3.63, 3.8) is 0 Å². The van der Waals surface area contributed by atoms with Crippen molar-refractivity contribution in [3.05, 3.63) is 71.9 Å². The number of carbonyl (C=O) groups is 2. The molecule has 3 aromatic rings. The lowest BCUT2D eigenvalue weighted by Gasteiger charge is -2.13. The SMILES string of the molecule is C=CC(=O)Nc1ccc(-c2cccc([C@H](C)C(=O)Nc3ncc(C(F)(F)F)s3)c2)cn1. The molecule has 0 aliphatic carbocycles. The highest BCUT2D eigenvalue weighted by atomic mass is 32.1. The number of carbonyl (C=O) groups excluding carboxylic acids is 2. The highest BCUT2D eigenvalue weighted by Crippen LogP contribution is 2.35. The normalized spacial score (nSPS) is 12.1. The summed E-state index contributed by atoms with van der Waals surface area (Å²) < 4.78 is 38.1. The van der Waals surface area contributed by atoms with Crippen LogP contribution < -0.4 is 10.6 Å². The number of alkyl halides is 3. The van der Waals surface area contributed by atoms with E-state index in [4.69, 9.17) is 0 Å². The van der Waals surface area contributed by atoms with Crippen LogP contribution in [0.2, 0.25) is 0 Å². The molecule has 0 fully saturated rings. The number of thiazole rings is 1. The van der Waals surface area contributed by atoms with Crippen molar-refractivity contribution in [2.75, 3.05) is 10.6 Å². The van der Waals surface area contributed by atoms with E-state index in [1.807, 2.05) is 6.07 Å². The maximum absolute atomic E-state index is 12.7. The second kappa shape index (κ2) is 9.09. The average molecular weight is 446 g/mol. The minimum Gasteiger partial charge on any atom is -0.307 e. The topological polar surface area (TPSA) is 84.0 Å². The van der Waals surface area contributed by atoms with Crippen LogP contribution >= 0.6 is 11.3 Å². The van der Waals surface area contributed by atoms with Gasteiger partial charge in [-0.15, -0.1) is 0 Å². The summed E-state index contributed by atoms with van der Waals surface area (Å²) in [6, 6.07) is 10.6. The second-order valence-corrected chi connectivity index (χ2v) is 7.52. The number of nitrogens with one attached hydrogen (secondary N) is 2. The minimum atomic E-state index is -4.50. The average Bonchev–Trinajstić information content (AvgIpc) is 3.23. The molecule has 2 N–H and O–H groups in total. The molecule has 0 saturated heterocycles. The van der Waals surface area contributed by atoms with Crippen LogP contribution in [-0.2, 0) is 15.8 Å². The molecule has 1 aromatic carbocycles. The van der Waals surface area contributed by atoms with Gasteiger partial charge in [-0.05, 0) is 36.3 Å². The quantitative estimate of drug-likeness (QED) is 0.517. The Morgan fingerprint density at radius 2 is 1.87 bits per heavy atom. The first-order valence-electron chi connectivity index (χ1n) is 9.01. The Morgan fingerprint density at radius 1 is 1.10 bits per heavy atom. The van der Waals surface area contributed by atoms with Gasteiger partial charge in [-0.25, -0.2) is 9.97 Å². The summed E-state index contributed by atoms with van der Waals surface area (Å²) in [6.07, 6.45) is -1.09. The van der Waals surface area contributed by atoms with E-state index in [1.54, 1.807) is 43.5 Å². The predicted molar refractivity (Wildman–Crippen MR) is 113 cm³/mol. The minimum absolute atomic E-state index is 0.110. The zero-order valence-electron chi connectivity index (χ0n) is 16.2. The molecule has 0 aliphatic rings. The lowest BCUT2D eigenvalue weighted by molar-refractivity contribution is -0.134. The van der Waals surface area contributed by atoms with Crippen molar-refractivity contribution in [2.45, 2.75) is 19.0 Å². The van der Waals surface area contributed by atoms with E-state index >= 15 is 0 Å². The molecule has 31 heavy (non-hydrogen) atoms. The van der Waals surface area contributed by atoms with E-state index in [9.17, 15) is 22.8 Å². The predicted octanol–water partition coefficient (Wildman–Crippen LogP) is 5.09. The molecular weight excluding hydrogens is 429 g/mol. The Balaban J connectivity index is 1.73. The smallest absolute Gasteiger partial charge is 0.307 e. The molecule has 0 aliphatic heterocycles. The van der Waals surface area contributed by atoms with Crippen LogP contribution in [0.5, 0.6) is 0 Å². The van der Waals surface area contributed by atoms with Crippen LogP contribution in [0.1, 0.15) is 23.3 Å². The summed E-state index contributed by atoms with van der Waals surface area (Å²) in [6.45, 7) is 5.03. The van der Waals surface area contributed by atoms with E-state index in [-0.39, 0.29) is 11.0 Å². The van der Waals surface area contributed by atoms with Gasteiger partial charge in [0.2, 0.25) is 11.8 Å². The number of aromatic nitrogens is 2. The van der Waals surface area contributed by atoms with Gasteiger partial charge in [-0.2, -0.15) is 13.2 Å². The van der Waals surface area contributed by atoms with Gasteiger partial charge in [0.25, 0.3) is 0 Å². The Bertz CT molecular complexity index is 1110. The Morgan fingerprint density at radius 3 is 2.48 bits per heavy atom. The van der Waals surface area contributed by atoms with Gasteiger partial charge in [0.1, 0.15) is 10.7 Å². The molecule has 6 nitrogen and oxygen atoms in total. The van der Waals surface area contributed by atoms with Crippen molar-refractivity contribution >= 4 is 34.1 Å². The lowest BCUT2D eigenvalue weighted by atomic mass is 9.96. The van der Waals surface area contributed by atoms with E-state index in [0.717, 1.165) is 17.2 Å². The standard InChI is InChI=1S/C21H17F3N4O2S/c1-3-18(29)27-17-8-7-15(10-25-17)14-6-4-5-13(9-14)12(2)19(30)28-20-26-11-16(31-20)21(22,23)24/h3-12H,1H2,2H3,(H,25,27,29)(H,26,28,30)/t12-/m0/s1. The highest BCUT2D eigenvalue weighted by Gasteiger charge is 2.33. The number of rotatable bonds is 6. The number of hydrogen-bond acceptors (Lipinski definition) is 5. The molecule has 2 amide bonds. The van der Waals surface area contributed by atoms with E-state index in [0.29, 0.717) is 28.9 Å². The second-order valence-electron chi connectivity index (χ2n) is 6.49. The monoisotopic (exact) mass is 446 g/mol. The zero-order chi connectivity index (χ0) is 22.6. The molecule has 10 heteroatoms. The van der Waals surface area contributed by atoms with Gasteiger partial charge >= 0.3 is 6.18 Å². The number of hydrogen-bond donors (Lipinski definition) is 2. The fourth-order valence-corrected chi connectivity index (χ4v) is 3.32. The van der Waals surface area contributed by atoms with Crippen molar-refractivity contribution in [1.29, 1.82) is 0 Å². The Hall–Kier alpha value is -3.53. The molecule has 0 spiro atoms. The molecule has 1 atom stereocenters. The summed E-state index contributed by atoms with van der Waals surface area (Å²) in [7, 11) is 0. The fraction of sp³-hybridized carbons (Fsp3) is 0.143. The third-order valence-electron chi connectivity index (χ3n) is 4.33. The van der Waals surface area contributed by atoms with Crippen LogP contribution in [0.3, 0.4) is 0 Å². The molecule has 2 aromatic heterocycles. The van der Waals surface area contributed by atoms with Crippen LogP contribution in [0, 0.1) is 0 Å². The third-order valence-corrected chi connectivity index (χ3v) is 5.29. The number of benzene rings is 1. The summed E-state index contributed by atoms with van der Waals surface area (Å²) in [5.74, 6) is -1.10. The number of nitrogens with zero attached hydrogens (tertiary/aromatic N) is 2. The van der Waals surface area contributed by atoms with Crippen LogP contribution in [-0.4, -0.2) is 21.8 Å². The summed E-state index contributed by atoms with van der Waals surface area (Å²) in [5, 5.41) is 4.87. The number of pyridine rings is 1. The van der Waals surface area contributed by atoms with E-state index in [2.05, 4.69) is 27.2 Å². The number of halogens is 3. The van der Waals surface area contributed by atoms with Crippen molar-refractivity contribution < 1.29 is 22.8 Å². The largest absolute Gasteiger partial charge is 0.427 e. The molecule has 0 saturated carbocycles. The van der Waals surface area contributed by atoms with Crippen molar-refractivity contribution in [3.8, 4) is 11.1 Å². The molecule has 160 valence electrons. The van der Waals surface area contributed by atoms with Gasteiger partial charge in [-0.1, -0.05) is 42.2 Å². The van der Waals surface area contributed by atoms with E-state index < -0.39 is 22.9 Å². The molecule has 2 heterocycles. The van der Waals surface area contributed by atoms with Crippen LogP contribution in [0.4, 0.5) is 24.1 Å².